The molecule has 0 saturated carbocycles. The van der Waals surface area contributed by atoms with E-state index in [0.29, 0.717) is 0 Å². The molecule has 0 spiro atoms. The summed E-state index contributed by atoms with van der Waals surface area (Å²) < 4.78 is 5.03. The predicted octanol–water partition coefficient (Wildman–Crippen LogP) is 2.12. The van der Waals surface area contributed by atoms with Gasteiger partial charge in [0.05, 0.1) is 0 Å². The van der Waals surface area contributed by atoms with Crippen LogP contribution in [0.4, 0.5) is 0 Å². The fourth-order valence-electron chi connectivity index (χ4n) is 1.30. The molecule has 0 saturated heterocycles. The standard InChI is InChI=1S/C8H22NSi2/c1-5-10(6-2)9-11(7-3)8-4/h10-11H,5-8H2,1-4H3. The SMILES string of the molecule is CC[SiH](CC)[N][SiH](CC)CC. The fourth-order valence-corrected chi connectivity index (χ4v) is 8.21. The van der Waals surface area contributed by atoms with E-state index in [0.717, 1.165) is 0 Å². The molecule has 0 bridgehead atoms. The fraction of sp³-hybridized carbons (Fsp3) is 1.00. The molecule has 67 valence electrons. The maximum Gasteiger partial charge on any atom is 0.118 e. The molecule has 1 radical (unpaired) electrons. The van der Waals surface area contributed by atoms with Crippen molar-refractivity contribution in [1.29, 1.82) is 0 Å². The van der Waals surface area contributed by atoms with Crippen LogP contribution < -0.4 is 4.65 Å². The zero-order chi connectivity index (χ0) is 8.69. The molecule has 0 N–H and O–H groups in total. The minimum atomic E-state index is -0.599. The van der Waals surface area contributed by atoms with E-state index in [-0.39, 0.29) is 0 Å². The Morgan fingerprint density at radius 1 is 0.727 bits per heavy atom. The first-order valence-corrected chi connectivity index (χ1v) is 9.28. The summed E-state index contributed by atoms with van der Waals surface area (Å²) >= 11 is 0. The Bertz CT molecular complexity index is 70.2. The van der Waals surface area contributed by atoms with E-state index < -0.39 is 17.9 Å². The first-order chi connectivity index (χ1) is 5.28. The highest BCUT2D eigenvalue weighted by atomic mass is 28.3. The van der Waals surface area contributed by atoms with Crippen LogP contribution in [0, 0.1) is 0 Å². The van der Waals surface area contributed by atoms with E-state index in [1.54, 1.807) is 0 Å². The maximum absolute atomic E-state index is 5.03. The van der Waals surface area contributed by atoms with Gasteiger partial charge in [-0.1, -0.05) is 27.7 Å². The van der Waals surface area contributed by atoms with E-state index in [1.807, 2.05) is 0 Å². The zero-order valence-corrected chi connectivity index (χ0v) is 10.7. The summed E-state index contributed by atoms with van der Waals surface area (Å²) in [6.07, 6.45) is 0. The first-order valence-electron chi connectivity index (χ1n) is 4.98. The Morgan fingerprint density at radius 3 is 1.18 bits per heavy atom. The van der Waals surface area contributed by atoms with Gasteiger partial charge in [-0.15, -0.1) is 0 Å². The van der Waals surface area contributed by atoms with E-state index in [1.165, 1.54) is 24.2 Å². The molecule has 0 rings (SSSR count). The molecule has 1 nitrogen and oxygen atoms in total. The molecule has 0 aliphatic carbocycles. The van der Waals surface area contributed by atoms with Gasteiger partial charge >= 0.3 is 0 Å². The van der Waals surface area contributed by atoms with E-state index in [2.05, 4.69) is 27.7 Å². The Morgan fingerprint density at radius 2 is 1.00 bits per heavy atom. The van der Waals surface area contributed by atoms with Gasteiger partial charge in [-0.3, -0.25) is 0 Å². The number of hydrogen-bond donors (Lipinski definition) is 0. The van der Waals surface area contributed by atoms with Crippen molar-refractivity contribution < 1.29 is 0 Å². The van der Waals surface area contributed by atoms with Crippen LogP contribution in [0.15, 0.2) is 0 Å². The van der Waals surface area contributed by atoms with E-state index in [4.69, 9.17) is 4.65 Å². The lowest BCUT2D eigenvalue weighted by Crippen LogP contribution is -2.36. The average molecular weight is 188 g/mol. The molecule has 0 aromatic rings. The molecule has 11 heavy (non-hydrogen) atoms. The van der Waals surface area contributed by atoms with Gasteiger partial charge in [-0.2, -0.15) is 0 Å². The third-order valence-electron chi connectivity index (χ3n) is 2.31. The van der Waals surface area contributed by atoms with Crippen LogP contribution >= 0.6 is 0 Å². The highest BCUT2D eigenvalue weighted by molar-refractivity contribution is 6.72. The van der Waals surface area contributed by atoms with Crippen LogP contribution in [0.1, 0.15) is 27.7 Å². The topological polar surface area (TPSA) is 14.1 Å². The minimum absolute atomic E-state index is 0.599. The molecule has 0 aromatic carbocycles. The second-order valence-corrected chi connectivity index (χ2v) is 10.2. The summed E-state index contributed by atoms with van der Waals surface area (Å²) in [6, 6.07) is 5.50. The zero-order valence-electron chi connectivity index (χ0n) is 8.43. The Balaban J connectivity index is 3.58. The lowest BCUT2D eigenvalue weighted by molar-refractivity contribution is 1.16. The van der Waals surface area contributed by atoms with Crippen LogP contribution in [0.5, 0.6) is 0 Å². The molecule has 0 fully saturated rings. The van der Waals surface area contributed by atoms with Crippen LogP contribution in [0.2, 0.25) is 24.2 Å². The number of nitrogens with zero attached hydrogens (tertiary/aromatic N) is 1. The van der Waals surface area contributed by atoms with Crippen molar-refractivity contribution in [3.05, 3.63) is 0 Å². The van der Waals surface area contributed by atoms with Crippen molar-refractivity contribution in [2.24, 2.45) is 0 Å². The summed E-state index contributed by atoms with van der Waals surface area (Å²) in [5.41, 5.74) is 0. The Hall–Kier alpha value is 0.394. The van der Waals surface area contributed by atoms with Gasteiger partial charge in [-0.25, -0.2) is 0 Å². The Labute approximate surface area is 75.0 Å². The smallest absolute Gasteiger partial charge is 0.118 e. The largest absolute Gasteiger partial charge is 0.301 e. The van der Waals surface area contributed by atoms with Gasteiger partial charge in [-0.05, 0) is 24.2 Å². The van der Waals surface area contributed by atoms with Crippen molar-refractivity contribution >= 4 is 17.9 Å². The summed E-state index contributed by atoms with van der Waals surface area (Å²) in [5.74, 6) is 0. The maximum atomic E-state index is 5.03. The molecule has 0 unspecified atom stereocenters. The van der Waals surface area contributed by atoms with Crippen molar-refractivity contribution in [2.45, 2.75) is 51.9 Å². The van der Waals surface area contributed by atoms with Crippen molar-refractivity contribution in [3.63, 3.8) is 0 Å². The van der Waals surface area contributed by atoms with E-state index >= 15 is 0 Å². The second kappa shape index (κ2) is 7.07. The van der Waals surface area contributed by atoms with Gasteiger partial charge in [0.15, 0.2) is 0 Å². The highest BCUT2D eigenvalue weighted by Gasteiger charge is 2.12. The first kappa shape index (κ1) is 11.4. The summed E-state index contributed by atoms with van der Waals surface area (Å²) in [7, 11) is -1.20. The van der Waals surface area contributed by atoms with Gasteiger partial charge in [0.1, 0.15) is 17.9 Å². The normalized spacial score (nSPS) is 11.5. The van der Waals surface area contributed by atoms with Gasteiger partial charge in [0.2, 0.25) is 0 Å². The second-order valence-electron chi connectivity index (χ2n) is 3.09. The average Bonchev–Trinajstić information content (AvgIpc) is 2.07. The predicted molar refractivity (Wildman–Crippen MR) is 58.4 cm³/mol. The monoisotopic (exact) mass is 188 g/mol. The van der Waals surface area contributed by atoms with Gasteiger partial charge in [0.25, 0.3) is 0 Å². The van der Waals surface area contributed by atoms with Crippen LogP contribution in [-0.4, -0.2) is 17.9 Å². The summed E-state index contributed by atoms with van der Waals surface area (Å²) in [6.45, 7) is 9.22. The van der Waals surface area contributed by atoms with Crippen molar-refractivity contribution in [1.82, 2.24) is 4.65 Å². The number of hydrogen-bond acceptors (Lipinski definition) is 0. The lowest BCUT2D eigenvalue weighted by Gasteiger charge is -2.17. The van der Waals surface area contributed by atoms with Gasteiger partial charge in [0, 0.05) is 0 Å². The molecular formula is C8H22NSi2. The third-order valence-corrected chi connectivity index (χ3v) is 9.45. The van der Waals surface area contributed by atoms with Crippen LogP contribution in [0.3, 0.4) is 0 Å². The molecule has 0 amide bonds. The molecule has 0 heterocycles. The Kier molecular flexibility index (Phi) is 7.32. The molecule has 0 aliphatic heterocycles. The lowest BCUT2D eigenvalue weighted by atomic mass is 10.9. The molecular weight excluding hydrogens is 166 g/mol. The summed E-state index contributed by atoms with van der Waals surface area (Å²) in [4.78, 5) is 0. The third kappa shape index (κ3) is 4.77. The van der Waals surface area contributed by atoms with Gasteiger partial charge < -0.3 is 4.65 Å². The highest BCUT2D eigenvalue weighted by Crippen LogP contribution is 2.02. The number of rotatable bonds is 6. The molecule has 0 aromatic heterocycles. The van der Waals surface area contributed by atoms with Crippen molar-refractivity contribution in [2.75, 3.05) is 0 Å². The minimum Gasteiger partial charge on any atom is -0.301 e. The van der Waals surface area contributed by atoms with E-state index in [9.17, 15) is 0 Å². The van der Waals surface area contributed by atoms with Crippen molar-refractivity contribution in [3.8, 4) is 0 Å². The molecule has 3 heteroatoms. The molecule has 0 aliphatic rings. The van der Waals surface area contributed by atoms with Crippen LogP contribution in [-0.2, 0) is 0 Å². The quantitative estimate of drug-likeness (QED) is 0.567. The summed E-state index contributed by atoms with van der Waals surface area (Å²) in [5, 5.41) is 0. The molecule has 0 atom stereocenters. The van der Waals surface area contributed by atoms with Crippen LogP contribution in [0.25, 0.3) is 0 Å².